The first-order chi connectivity index (χ1) is 8.65. The van der Waals surface area contributed by atoms with E-state index in [2.05, 4.69) is 4.90 Å². The highest BCUT2D eigenvalue weighted by atomic mass is 16.5. The number of rotatable bonds is 6. The van der Waals surface area contributed by atoms with Gasteiger partial charge in [0.15, 0.2) is 0 Å². The summed E-state index contributed by atoms with van der Waals surface area (Å²) >= 11 is 0. The topological polar surface area (TPSA) is 41.9 Å². The van der Waals surface area contributed by atoms with E-state index in [4.69, 9.17) is 9.47 Å². The van der Waals surface area contributed by atoms with Crippen LogP contribution in [-0.2, 0) is 0 Å². The standard InChI is InChI=1S/C14H21NO3/c1-15(10-4-5-10)9-13(16)12-8-11(17-2)6-7-14(12)18-3/h6-8,10,13,16H,4-5,9H2,1-3H3. The molecule has 1 fully saturated rings. The molecule has 1 aliphatic rings. The second-order valence-corrected chi connectivity index (χ2v) is 4.79. The van der Waals surface area contributed by atoms with Gasteiger partial charge in [-0.25, -0.2) is 0 Å². The van der Waals surface area contributed by atoms with Crippen molar-refractivity contribution in [2.24, 2.45) is 0 Å². The lowest BCUT2D eigenvalue weighted by molar-refractivity contribution is 0.120. The molecule has 0 radical (unpaired) electrons. The average Bonchev–Trinajstić information content (AvgIpc) is 3.22. The van der Waals surface area contributed by atoms with Crippen molar-refractivity contribution < 1.29 is 14.6 Å². The fourth-order valence-corrected chi connectivity index (χ4v) is 2.14. The van der Waals surface area contributed by atoms with Crippen LogP contribution >= 0.6 is 0 Å². The number of benzene rings is 1. The molecule has 0 bridgehead atoms. The van der Waals surface area contributed by atoms with Crippen molar-refractivity contribution in [2.45, 2.75) is 25.0 Å². The third-order valence-electron chi connectivity index (χ3n) is 3.43. The number of aliphatic hydroxyl groups is 1. The van der Waals surface area contributed by atoms with Gasteiger partial charge >= 0.3 is 0 Å². The molecule has 0 heterocycles. The number of hydrogen-bond acceptors (Lipinski definition) is 4. The van der Waals surface area contributed by atoms with Gasteiger partial charge < -0.3 is 19.5 Å². The van der Waals surface area contributed by atoms with Crippen molar-refractivity contribution in [3.63, 3.8) is 0 Å². The Labute approximate surface area is 108 Å². The fourth-order valence-electron chi connectivity index (χ4n) is 2.14. The predicted octanol–water partition coefficient (Wildman–Crippen LogP) is 1.83. The molecule has 1 aromatic carbocycles. The first kappa shape index (κ1) is 13.2. The van der Waals surface area contributed by atoms with Crippen LogP contribution < -0.4 is 9.47 Å². The highest BCUT2D eigenvalue weighted by Crippen LogP contribution is 2.32. The van der Waals surface area contributed by atoms with E-state index >= 15 is 0 Å². The molecule has 2 rings (SSSR count). The van der Waals surface area contributed by atoms with Gasteiger partial charge in [0.05, 0.1) is 20.3 Å². The van der Waals surface area contributed by atoms with Crippen LogP contribution in [0.25, 0.3) is 0 Å². The lowest BCUT2D eigenvalue weighted by Crippen LogP contribution is -2.26. The van der Waals surface area contributed by atoms with Crippen LogP contribution in [0.15, 0.2) is 18.2 Å². The third-order valence-corrected chi connectivity index (χ3v) is 3.43. The summed E-state index contributed by atoms with van der Waals surface area (Å²) in [6, 6.07) is 6.13. The van der Waals surface area contributed by atoms with Crippen LogP contribution in [0.3, 0.4) is 0 Å². The Morgan fingerprint density at radius 3 is 2.61 bits per heavy atom. The molecule has 18 heavy (non-hydrogen) atoms. The van der Waals surface area contributed by atoms with E-state index in [9.17, 15) is 5.11 Å². The largest absolute Gasteiger partial charge is 0.497 e. The minimum absolute atomic E-state index is 0.555. The number of nitrogens with zero attached hydrogens (tertiary/aromatic N) is 1. The van der Waals surface area contributed by atoms with Crippen molar-refractivity contribution in [1.82, 2.24) is 4.90 Å². The van der Waals surface area contributed by atoms with E-state index in [1.165, 1.54) is 12.8 Å². The van der Waals surface area contributed by atoms with E-state index in [0.29, 0.717) is 18.3 Å². The van der Waals surface area contributed by atoms with Crippen molar-refractivity contribution >= 4 is 0 Å². The van der Waals surface area contributed by atoms with Crippen LogP contribution in [0, 0.1) is 0 Å². The number of likely N-dealkylation sites (N-methyl/N-ethyl adjacent to an activating group) is 1. The average molecular weight is 251 g/mol. The van der Waals surface area contributed by atoms with Crippen molar-refractivity contribution in [1.29, 1.82) is 0 Å². The van der Waals surface area contributed by atoms with Crippen molar-refractivity contribution in [3.8, 4) is 11.5 Å². The van der Waals surface area contributed by atoms with Gasteiger partial charge in [0.25, 0.3) is 0 Å². The van der Waals surface area contributed by atoms with Gasteiger partial charge in [-0.3, -0.25) is 0 Å². The number of ether oxygens (including phenoxy) is 2. The summed E-state index contributed by atoms with van der Waals surface area (Å²) in [4.78, 5) is 2.20. The Hall–Kier alpha value is -1.26. The van der Waals surface area contributed by atoms with Gasteiger partial charge in [-0.2, -0.15) is 0 Å². The van der Waals surface area contributed by atoms with Crippen LogP contribution in [0.5, 0.6) is 11.5 Å². The summed E-state index contributed by atoms with van der Waals surface area (Å²) < 4.78 is 10.5. The van der Waals surface area contributed by atoms with Crippen LogP contribution in [0.1, 0.15) is 24.5 Å². The molecule has 1 atom stereocenters. The van der Waals surface area contributed by atoms with Gasteiger partial charge in [-0.1, -0.05) is 0 Å². The minimum Gasteiger partial charge on any atom is -0.497 e. The van der Waals surface area contributed by atoms with Crippen LogP contribution in [-0.4, -0.2) is 43.9 Å². The van der Waals surface area contributed by atoms with Gasteiger partial charge in [0.2, 0.25) is 0 Å². The second kappa shape index (κ2) is 5.59. The number of aliphatic hydroxyl groups excluding tert-OH is 1. The molecule has 1 N–H and O–H groups in total. The summed E-state index contributed by atoms with van der Waals surface area (Å²) in [7, 11) is 5.28. The predicted molar refractivity (Wildman–Crippen MR) is 70.2 cm³/mol. The van der Waals surface area contributed by atoms with Gasteiger partial charge in [0.1, 0.15) is 11.5 Å². The molecule has 1 aliphatic carbocycles. The van der Waals surface area contributed by atoms with Gasteiger partial charge in [0, 0.05) is 18.2 Å². The zero-order valence-electron chi connectivity index (χ0n) is 11.2. The highest BCUT2D eigenvalue weighted by Gasteiger charge is 2.28. The Morgan fingerprint density at radius 1 is 1.33 bits per heavy atom. The molecule has 1 saturated carbocycles. The molecule has 0 aromatic heterocycles. The van der Waals surface area contributed by atoms with E-state index in [1.807, 2.05) is 25.2 Å². The Bertz CT molecular complexity index is 404. The molecule has 1 aromatic rings. The molecule has 0 amide bonds. The molecule has 1 unspecified atom stereocenters. The summed E-state index contributed by atoms with van der Waals surface area (Å²) in [6.07, 6.45) is 1.91. The summed E-state index contributed by atoms with van der Waals surface area (Å²) in [5, 5.41) is 10.3. The lowest BCUT2D eigenvalue weighted by atomic mass is 10.1. The summed E-state index contributed by atoms with van der Waals surface area (Å²) in [6.45, 7) is 0.619. The maximum atomic E-state index is 10.3. The monoisotopic (exact) mass is 251 g/mol. The van der Waals surface area contributed by atoms with Crippen molar-refractivity contribution in [3.05, 3.63) is 23.8 Å². The van der Waals surface area contributed by atoms with Crippen molar-refractivity contribution in [2.75, 3.05) is 27.8 Å². The number of methoxy groups -OCH3 is 2. The van der Waals surface area contributed by atoms with Crippen LogP contribution in [0.2, 0.25) is 0 Å². The van der Waals surface area contributed by atoms with E-state index in [1.54, 1.807) is 14.2 Å². The molecule has 4 nitrogen and oxygen atoms in total. The third kappa shape index (κ3) is 2.94. The molecule has 0 saturated heterocycles. The quantitative estimate of drug-likeness (QED) is 0.837. The smallest absolute Gasteiger partial charge is 0.124 e. The minimum atomic E-state index is -0.555. The summed E-state index contributed by atoms with van der Waals surface area (Å²) in [5.41, 5.74) is 0.782. The molecule has 4 heteroatoms. The van der Waals surface area contributed by atoms with Gasteiger partial charge in [-0.05, 0) is 38.1 Å². The SMILES string of the molecule is COc1ccc(OC)c(C(O)CN(C)C2CC2)c1. The summed E-state index contributed by atoms with van der Waals surface area (Å²) in [5.74, 6) is 1.44. The Morgan fingerprint density at radius 2 is 2.06 bits per heavy atom. The molecule has 0 spiro atoms. The first-order valence-electron chi connectivity index (χ1n) is 6.26. The molecular formula is C14H21NO3. The Kier molecular flexibility index (Phi) is 4.09. The van der Waals surface area contributed by atoms with Crippen LogP contribution in [0.4, 0.5) is 0 Å². The fraction of sp³-hybridized carbons (Fsp3) is 0.571. The lowest BCUT2D eigenvalue weighted by Gasteiger charge is -2.22. The number of hydrogen-bond donors (Lipinski definition) is 1. The maximum Gasteiger partial charge on any atom is 0.124 e. The maximum absolute atomic E-state index is 10.3. The zero-order chi connectivity index (χ0) is 13.1. The van der Waals surface area contributed by atoms with E-state index in [0.717, 1.165) is 11.3 Å². The van der Waals surface area contributed by atoms with Gasteiger partial charge in [-0.15, -0.1) is 0 Å². The van der Waals surface area contributed by atoms with E-state index in [-0.39, 0.29) is 0 Å². The molecule has 0 aliphatic heterocycles. The first-order valence-corrected chi connectivity index (χ1v) is 6.26. The normalized spacial score (nSPS) is 16.7. The highest BCUT2D eigenvalue weighted by molar-refractivity contribution is 5.41. The Balaban J connectivity index is 2.13. The second-order valence-electron chi connectivity index (χ2n) is 4.79. The molecular weight excluding hydrogens is 230 g/mol. The van der Waals surface area contributed by atoms with E-state index < -0.39 is 6.10 Å². The zero-order valence-corrected chi connectivity index (χ0v) is 11.2. The molecule has 100 valence electrons.